The van der Waals surface area contributed by atoms with Gasteiger partial charge in [0.1, 0.15) is 45.1 Å². The topological polar surface area (TPSA) is 115 Å². The number of anilines is 2. The summed E-state index contributed by atoms with van der Waals surface area (Å²) in [5.41, 5.74) is 4.21. The van der Waals surface area contributed by atoms with Gasteiger partial charge in [0.05, 0.1) is 28.5 Å². The molecule has 3 aromatic carbocycles. The van der Waals surface area contributed by atoms with Gasteiger partial charge in [-0.25, -0.2) is 23.4 Å². The molecule has 0 bridgehead atoms. The zero-order valence-corrected chi connectivity index (χ0v) is 25.6. The zero-order valence-electron chi connectivity index (χ0n) is 22.4. The van der Waals surface area contributed by atoms with E-state index in [2.05, 4.69) is 36.5 Å². The number of aromatic nitrogens is 3. The van der Waals surface area contributed by atoms with Gasteiger partial charge in [0.15, 0.2) is 0 Å². The summed E-state index contributed by atoms with van der Waals surface area (Å²) in [4.78, 5) is 13.7. The Hall–Kier alpha value is -3.58. The van der Waals surface area contributed by atoms with Crippen LogP contribution in [0.25, 0.3) is 22.2 Å². The fourth-order valence-corrected chi connectivity index (χ4v) is 5.86. The average molecular weight is 655 g/mol. The monoisotopic (exact) mass is 653 g/mol. The van der Waals surface area contributed by atoms with Gasteiger partial charge >= 0.3 is 0 Å². The van der Waals surface area contributed by atoms with Gasteiger partial charge in [-0.3, -0.25) is 0 Å². The minimum Gasteiger partial charge on any atom is -0.496 e. The molecule has 12 heteroatoms. The zero-order chi connectivity index (χ0) is 28.8. The first-order valence-corrected chi connectivity index (χ1v) is 16.4. The van der Waals surface area contributed by atoms with Crippen LogP contribution < -0.4 is 20.1 Å². The largest absolute Gasteiger partial charge is 0.496 e. The molecule has 0 aliphatic rings. The van der Waals surface area contributed by atoms with Crippen molar-refractivity contribution in [2.75, 3.05) is 31.0 Å². The van der Waals surface area contributed by atoms with Crippen LogP contribution in [-0.2, 0) is 23.0 Å². The Labute approximate surface area is 251 Å². The van der Waals surface area contributed by atoms with Crippen LogP contribution in [0.4, 0.5) is 11.5 Å². The molecule has 0 radical (unpaired) electrons. The van der Waals surface area contributed by atoms with Crippen LogP contribution in [-0.4, -0.2) is 49.0 Å². The SMILES string of the molecule is COc1cc2ncnc(Nc3ccc(OCc4ccccc4)c(Br)c3)c2cc1-c1csc(CNCCS(C)(=O)=O)n1. The van der Waals surface area contributed by atoms with Crippen molar-refractivity contribution in [3.8, 4) is 22.8 Å². The molecule has 0 saturated heterocycles. The molecule has 2 aromatic heterocycles. The molecule has 2 N–H and O–H groups in total. The molecule has 5 rings (SSSR count). The molecule has 0 fully saturated rings. The molecule has 9 nitrogen and oxygen atoms in total. The summed E-state index contributed by atoms with van der Waals surface area (Å²) in [6, 6.07) is 19.7. The van der Waals surface area contributed by atoms with Crippen molar-refractivity contribution in [1.82, 2.24) is 20.3 Å². The van der Waals surface area contributed by atoms with Crippen LogP contribution in [0.2, 0.25) is 0 Å². The fourth-order valence-electron chi connectivity index (χ4n) is 4.09. The summed E-state index contributed by atoms with van der Waals surface area (Å²) < 4.78 is 35.2. The minimum atomic E-state index is -3.01. The third-order valence-corrected chi connectivity index (χ3v) is 8.56. The maximum absolute atomic E-state index is 11.4. The molecular weight excluding hydrogens is 626 g/mol. The Kier molecular flexibility index (Phi) is 9.13. The Bertz CT molecular complexity index is 1760. The highest BCUT2D eigenvalue weighted by atomic mass is 79.9. The van der Waals surface area contributed by atoms with Gasteiger partial charge in [-0.15, -0.1) is 11.3 Å². The van der Waals surface area contributed by atoms with Crippen LogP contribution in [0.1, 0.15) is 10.6 Å². The number of benzene rings is 3. The fraction of sp³-hybridized carbons (Fsp3) is 0.207. The standard InChI is InChI=1S/C29H28BrN5O4S2/c1-38-27-14-24-22(13-21(27)25-17-40-28(35-25)15-31-10-11-41(2,36)37)29(33-18-32-24)34-20-8-9-26(23(30)12-20)39-16-19-6-4-3-5-7-19/h3-9,12-14,17-18,31H,10-11,15-16H2,1-2H3,(H,32,33,34). The normalized spacial score (nSPS) is 11.5. The van der Waals surface area contributed by atoms with Gasteiger partial charge in [-0.05, 0) is 45.8 Å². The second-order valence-corrected chi connectivity index (χ2v) is 13.3. The van der Waals surface area contributed by atoms with Crippen LogP contribution in [0.15, 0.2) is 76.8 Å². The molecule has 0 spiro atoms. The Morgan fingerprint density at radius 3 is 2.61 bits per heavy atom. The van der Waals surface area contributed by atoms with Crippen molar-refractivity contribution in [2.45, 2.75) is 13.2 Å². The van der Waals surface area contributed by atoms with E-state index in [1.54, 1.807) is 7.11 Å². The number of rotatable bonds is 12. The van der Waals surface area contributed by atoms with Gasteiger partial charge in [0.2, 0.25) is 0 Å². The number of halogens is 1. The van der Waals surface area contributed by atoms with Crippen LogP contribution in [0, 0.1) is 0 Å². The predicted octanol–water partition coefficient (Wildman–Crippen LogP) is 5.98. The highest BCUT2D eigenvalue weighted by Crippen LogP contribution is 2.37. The Morgan fingerprint density at radius 1 is 1.02 bits per heavy atom. The van der Waals surface area contributed by atoms with Gasteiger partial charge in [-0.2, -0.15) is 0 Å². The molecular formula is C29H28BrN5O4S2. The number of nitrogens with one attached hydrogen (secondary N) is 2. The first kappa shape index (κ1) is 28.9. The second kappa shape index (κ2) is 12.9. The average Bonchev–Trinajstić information content (AvgIpc) is 3.43. The number of ether oxygens (including phenoxy) is 2. The predicted molar refractivity (Wildman–Crippen MR) is 167 cm³/mol. The quantitative estimate of drug-likeness (QED) is 0.157. The van der Waals surface area contributed by atoms with Crippen molar-refractivity contribution in [1.29, 1.82) is 0 Å². The van der Waals surface area contributed by atoms with Crippen LogP contribution in [0.3, 0.4) is 0 Å². The summed E-state index contributed by atoms with van der Waals surface area (Å²) in [5.74, 6) is 2.11. The Balaban J connectivity index is 1.35. The van der Waals surface area contributed by atoms with E-state index >= 15 is 0 Å². The third-order valence-electron chi connectivity index (χ3n) is 6.14. The lowest BCUT2D eigenvalue weighted by molar-refractivity contribution is 0.304. The van der Waals surface area contributed by atoms with Crippen LogP contribution >= 0.6 is 27.3 Å². The smallest absolute Gasteiger partial charge is 0.148 e. The maximum atomic E-state index is 11.4. The van der Waals surface area contributed by atoms with Crippen molar-refractivity contribution in [3.05, 3.63) is 87.4 Å². The third kappa shape index (κ3) is 7.59. The lowest BCUT2D eigenvalue weighted by Gasteiger charge is -2.13. The van der Waals surface area contributed by atoms with E-state index in [9.17, 15) is 8.42 Å². The molecule has 0 saturated carbocycles. The van der Waals surface area contributed by atoms with Gasteiger partial charge in [-0.1, -0.05) is 30.3 Å². The van der Waals surface area contributed by atoms with Crippen LogP contribution in [0.5, 0.6) is 11.5 Å². The van der Waals surface area contributed by atoms with E-state index in [4.69, 9.17) is 14.5 Å². The van der Waals surface area contributed by atoms with E-state index in [-0.39, 0.29) is 5.75 Å². The van der Waals surface area contributed by atoms with E-state index in [0.29, 0.717) is 31.3 Å². The van der Waals surface area contributed by atoms with E-state index in [0.717, 1.165) is 48.6 Å². The molecule has 41 heavy (non-hydrogen) atoms. The molecule has 212 valence electrons. The summed E-state index contributed by atoms with van der Waals surface area (Å²) >= 11 is 5.12. The molecule has 0 unspecified atom stereocenters. The molecule has 0 amide bonds. The van der Waals surface area contributed by atoms with Crippen molar-refractivity contribution >= 4 is 59.5 Å². The Morgan fingerprint density at radius 2 is 1.85 bits per heavy atom. The lowest BCUT2D eigenvalue weighted by atomic mass is 10.1. The maximum Gasteiger partial charge on any atom is 0.148 e. The molecule has 0 aliphatic heterocycles. The van der Waals surface area contributed by atoms with E-state index in [1.165, 1.54) is 23.9 Å². The molecule has 5 aromatic rings. The van der Waals surface area contributed by atoms with Crippen molar-refractivity contribution in [3.63, 3.8) is 0 Å². The summed E-state index contributed by atoms with van der Waals surface area (Å²) in [6.07, 6.45) is 2.74. The summed E-state index contributed by atoms with van der Waals surface area (Å²) in [7, 11) is -1.40. The van der Waals surface area contributed by atoms with Gasteiger partial charge in [0, 0.05) is 47.4 Å². The van der Waals surface area contributed by atoms with E-state index in [1.807, 2.05) is 66.0 Å². The number of nitrogens with zero attached hydrogens (tertiary/aromatic N) is 3. The van der Waals surface area contributed by atoms with Crippen molar-refractivity contribution in [2.24, 2.45) is 0 Å². The number of fused-ring (bicyclic) bond motifs is 1. The first-order chi connectivity index (χ1) is 19.8. The number of methoxy groups -OCH3 is 1. The van der Waals surface area contributed by atoms with Gasteiger partial charge in [0.25, 0.3) is 0 Å². The van der Waals surface area contributed by atoms with Crippen molar-refractivity contribution < 1.29 is 17.9 Å². The number of thiazole rings is 1. The molecule has 0 atom stereocenters. The molecule has 0 aliphatic carbocycles. The summed E-state index contributed by atoms with van der Waals surface area (Å²) in [5, 5.41) is 10.2. The number of hydrogen-bond acceptors (Lipinski definition) is 10. The minimum absolute atomic E-state index is 0.0829. The number of sulfone groups is 1. The van der Waals surface area contributed by atoms with E-state index < -0.39 is 9.84 Å². The molecule has 2 heterocycles. The van der Waals surface area contributed by atoms with Gasteiger partial charge < -0.3 is 20.1 Å². The first-order valence-electron chi connectivity index (χ1n) is 12.7. The number of hydrogen-bond donors (Lipinski definition) is 2. The highest BCUT2D eigenvalue weighted by molar-refractivity contribution is 9.10. The lowest BCUT2D eigenvalue weighted by Crippen LogP contribution is -2.21. The summed E-state index contributed by atoms with van der Waals surface area (Å²) in [6.45, 7) is 1.32. The second-order valence-electron chi connectivity index (χ2n) is 9.27. The highest BCUT2D eigenvalue weighted by Gasteiger charge is 2.15.